The van der Waals surface area contributed by atoms with Crippen molar-refractivity contribution in [1.29, 1.82) is 0 Å². The predicted molar refractivity (Wildman–Crippen MR) is 207 cm³/mol. The van der Waals surface area contributed by atoms with Crippen LogP contribution in [0.15, 0.2) is 182 Å². The zero-order valence-electron chi connectivity index (χ0n) is 26.0. The highest BCUT2D eigenvalue weighted by molar-refractivity contribution is 6.67. The topological polar surface area (TPSA) is 0 Å². The molecule has 0 unspecified atom stereocenters. The summed E-state index contributed by atoms with van der Waals surface area (Å²) in [4.78, 5) is 0. The van der Waals surface area contributed by atoms with E-state index >= 15 is 0 Å². The Bertz CT molecular complexity index is 2580. The van der Waals surface area contributed by atoms with E-state index in [-0.39, 0.29) is 0 Å². The van der Waals surface area contributed by atoms with E-state index in [0.29, 0.717) is 0 Å². The molecule has 0 radical (unpaired) electrons. The third kappa shape index (κ3) is 5.02. The Morgan fingerprint density at radius 1 is 0.255 bits per heavy atom. The van der Waals surface area contributed by atoms with Gasteiger partial charge in [-0.05, 0) is 88.6 Å². The summed E-state index contributed by atoms with van der Waals surface area (Å²) in [5.41, 5.74) is 7.61. The quantitative estimate of drug-likeness (QED) is 0.134. The zero-order chi connectivity index (χ0) is 31.2. The van der Waals surface area contributed by atoms with Crippen molar-refractivity contribution in [3.05, 3.63) is 182 Å². The van der Waals surface area contributed by atoms with Crippen molar-refractivity contribution in [2.45, 2.75) is 0 Å². The highest BCUT2D eigenvalue weighted by Crippen LogP contribution is 2.44. The normalized spacial score (nSPS) is 11.7. The molecule has 220 valence electrons. The molecule has 0 spiro atoms. The maximum absolute atomic E-state index is 2.50. The van der Waals surface area contributed by atoms with E-state index in [1.165, 1.54) is 86.8 Å². The Labute approximate surface area is 277 Å². The van der Waals surface area contributed by atoms with E-state index in [9.17, 15) is 0 Å². The maximum Gasteiger partial charge on any atom is 0.0875 e. The first-order valence-corrected chi connectivity index (χ1v) is 17.8. The molecule has 9 aromatic carbocycles. The lowest BCUT2D eigenvalue weighted by atomic mass is 9.85. The minimum Gasteiger partial charge on any atom is -0.0633 e. The second-order valence-electron chi connectivity index (χ2n) is 12.5. The van der Waals surface area contributed by atoms with Crippen LogP contribution >= 0.6 is 0 Å². The van der Waals surface area contributed by atoms with Crippen LogP contribution in [-0.4, -0.2) is 9.52 Å². The summed E-state index contributed by atoms with van der Waals surface area (Å²) in [6, 6.07) is 67.4. The maximum atomic E-state index is 2.50. The van der Waals surface area contributed by atoms with Crippen molar-refractivity contribution in [3.63, 3.8) is 0 Å². The summed E-state index contributed by atoms with van der Waals surface area (Å²) < 4.78 is 0. The number of hydrogen-bond acceptors (Lipinski definition) is 0. The van der Waals surface area contributed by atoms with Gasteiger partial charge in [0.25, 0.3) is 0 Å². The van der Waals surface area contributed by atoms with Crippen molar-refractivity contribution >= 4 is 63.0 Å². The molecular formula is C46H32Si. The van der Waals surface area contributed by atoms with Crippen LogP contribution in [0.4, 0.5) is 0 Å². The molecule has 0 nitrogen and oxygen atoms in total. The standard InChI is InChI=1S/C46H32Si/c1-2-14-39(15-3-1)47-40-26-27-43-44(30-40)46(38-25-21-32-11-5-7-13-36(32)29-38)42-17-9-8-16-41(42)45(43)34-22-18-33(19-23-34)37-24-20-31-10-4-6-12-35(31)28-37/h1-30H,47H2. The van der Waals surface area contributed by atoms with Crippen molar-refractivity contribution in [3.8, 4) is 33.4 Å². The molecule has 0 aromatic heterocycles. The fraction of sp³-hybridized carbons (Fsp3) is 0. The zero-order valence-corrected chi connectivity index (χ0v) is 27.4. The Morgan fingerprint density at radius 2 is 0.745 bits per heavy atom. The summed E-state index contributed by atoms with van der Waals surface area (Å²) in [6.07, 6.45) is 0. The Hall–Kier alpha value is -5.76. The monoisotopic (exact) mass is 612 g/mol. The third-order valence-corrected chi connectivity index (χ3v) is 11.4. The van der Waals surface area contributed by atoms with Gasteiger partial charge in [0.15, 0.2) is 0 Å². The average Bonchev–Trinajstić information content (AvgIpc) is 3.14. The lowest BCUT2D eigenvalue weighted by molar-refractivity contribution is 1.63. The summed E-state index contributed by atoms with van der Waals surface area (Å²) >= 11 is 0. The van der Waals surface area contributed by atoms with Crippen LogP contribution in [0.3, 0.4) is 0 Å². The van der Waals surface area contributed by atoms with E-state index in [4.69, 9.17) is 0 Å². The summed E-state index contributed by atoms with van der Waals surface area (Å²) in [6.45, 7) is 0. The first-order valence-electron chi connectivity index (χ1n) is 16.4. The van der Waals surface area contributed by atoms with Crippen LogP contribution in [0.25, 0.3) is 76.5 Å². The van der Waals surface area contributed by atoms with Crippen LogP contribution in [0.2, 0.25) is 0 Å². The van der Waals surface area contributed by atoms with Gasteiger partial charge in [0.05, 0.1) is 9.52 Å². The van der Waals surface area contributed by atoms with E-state index in [1.54, 1.807) is 0 Å². The molecule has 0 saturated heterocycles. The van der Waals surface area contributed by atoms with Crippen molar-refractivity contribution < 1.29 is 0 Å². The van der Waals surface area contributed by atoms with Gasteiger partial charge >= 0.3 is 0 Å². The summed E-state index contributed by atoms with van der Waals surface area (Å²) in [5, 5.41) is 13.2. The van der Waals surface area contributed by atoms with Crippen molar-refractivity contribution in [1.82, 2.24) is 0 Å². The van der Waals surface area contributed by atoms with E-state index in [1.807, 2.05) is 0 Å². The number of benzene rings is 9. The fourth-order valence-corrected chi connectivity index (χ4v) is 8.85. The smallest absolute Gasteiger partial charge is 0.0633 e. The molecule has 0 bridgehead atoms. The molecule has 9 aromatic rings. The lowest BCUT2D eigenvalue weighted by Gasteiger charge is -2.19. The predicted octanol–water partition coefficient (Wildman–Crippen LogP) is 10.4. The molecule has 0 aliphatic heterocycles. The molecular weight excluding hydrogens is 581 g/mol. The first kappa shape index (κ1) is 27.5. The number of fused-ring (bicyclic) bond motifs is 4. The van der Waals surface area contributed by atoms with Crippen LogP contribution < -0.4 is 10.4 Å². The van der Waals surface area contributed by atoms with Crippen LogP contribution in [-0.2, 0) is 0 Å². The highest BCUT2D eigenvalue weighted by atomic mass is 28.2. The molecule has 0 heterocycles. The van der Waals surface area contributed by atoms with Gasteiger partial charge in [-0.2, -0.15) is 0 Å². The molecule has 0 amide bonds. The SMILES string of the molecule is c1ccc([SiH2]c2ccc3c(-c4ccc(-c5ccc6ccccc6c5)cc4)c4ccccc4c(-c4ccc5ccccc5c4)c3c2)cc1. The summed E-state index contributed by atoms with van der Waals surface area (Å²) in [5.74, 6) is 0. The summed E-state index contributed by atoms with van der Waals surface area (Å²) in [7, 11) is -0.629. The van der Waals surface area contributed by atoms with Crippen molar-refractivity contribution in [2.24, 2.45) is 0 Å². The van der Waals surface area contributed by atoms with Crippen molar-refractivity contribution in [2.75, 3.05) is 0 Å². The minimum absolute atomic E-state index is 0.629. The molecule has 1 heteroatoms. The molecule has 9 rings (SSSR count). The van der Waals surface area contributed by atoms with Crippen LogP contribution in [0, 0.1) is 0 Å². The van der Waals surface area contributed by atoms with Gasteiger partial charge in [-0.3, -0.25) is 0 Å². The Balaban J connectivity index is 1.26. The molecule has 0 aliphatic rings. The van der Waals surface area contributed by atoms with Gasteiger partial charge in [0.1, 0.15) is 0 Å². The first-order chi connectivity index (χ1) is 23.3. The Kier molecular flexibility index (Phi) is 6.77. The van der Waals surface area contributed by atoms with Gasteiger partial charge in [0, 0.05) is 0 Å². The molecule has 0 fully saturated rings. The van der Waals surface area contributed by atoms with Gasteiger partial charge < -0.3 is 0 Å². The molecule has 0 N–H and O–H groups in total. The molecule has 0 atom stereocenters. The van der Waals surface area contributed by atoms with Gasteiger partial charge in [-0.25, -0.2) is 0 Å². The number of rotatable bonds is 5. The minimum atomic E-state index is -0.629. The lowest BCUT2D eigenvalue weighted by Crippen LogP contribution is -2.26. The van der Waals surface area contributed by atoms with Gasteiger partial charge in [-0.15, -0.1) is 0 Å². The van der Waals surface area contributed by atoms with E-state index < -0.39 is 9.52 Å². The molecule has 47 heavy (non-hydrogen) atoms. The molecule has 0 aliphatic carbocycles. The largest absolute Gasteiger partial charge is 0.0875 e. The van der Waals surface area contributed by atoms with Crippen LogP contribution in [0.1, 0.15) is 0 Å². The van der Waals surface area contributed by atoms with Gasteiger partial charge in [-0.1, -0.05) is 180 Å². The van der Waals surface area contributed by atoms with Gasteiger partial charge in [0.2, 0.25) is 0 Å². The second-order valence-corrected chi connectivity index (χ2v) is 14.5. The van der Waals surface area contributed by atoms with Crippen LogP contribution in [0.5, 0.6) is 0 Å². The van der Waals surface area contributed by atoms with E-state index in [2.05, 4.69) is 182 Å². The third-order valence-electron chi connectivity index (χ3n) is 9.63. The van der Waals surface area contributed by atoms with E-state index in [0.717, 1.165) is 0 Å². The fourth-order valence-electron chi connectivity index (χ4n) is 7.33. The highest BCUT2D eigenvalue weighted by Gasteiger charge is 2.18. The second kappa shape index (κ2) is 11.5. The Morgan fingerprint density at radius 3 is 1.43 bits per heavy atom. The molecule has 0 saturated carbocycles. The average molecular weight is 613 g/mol. The number of hydrogen-bond donors (Lipinski definition) is 0.